The Labute approximate surface area is 94.5 Å². The van der Waals surface area contributed by atoms with Crippen LogP contribution in [0.2, 0.25) is 5.15 Å². The summed E-state index contributed by atoms with van der Waals surface area (Å²) in [6.45, 7) is 2.03. The van der Waals surface area contributed by atoms with E-state index in [0.717, 1.165) is 18.5 Å². The average molecular weight is 225 g/mol. The van der Waals surface area contributed by atoms with Gasteiger partial charge in [-0.25, -0.2) is 4.98 Å². The third-order valence-corrected chi connectivity index (χ3v) is 2.20. The molecule has 1 aromatic rings. The van der Waals surface area contributed by atoms with Crippen molar-refractivity contribution in [3.05, 3.63) is 16.4 Å². The van der Waals surface area contributed by atoms with Crippen molar-refractivity contribution >= 4 is 17.5 Å². The van der Waals surface area contributed by atoms with Crippen LogP contribution in [0.15, 0.2) is 0 Å². The molecule has 0 unspecified atom stereocenters. The van der Waals surface area contributed by atoms with Crippen molar-refractivity contribution in [1.29, 1.82) is 5.26 Å². The van der Waals surface area contributed by atoms with Crippen molar-refractivity contribution in [3.63, 3.8) is 0 Å². The van der Waals surface area contributed by atoms with Crippen molar-refractivity contribution in [2.45, 2.75) is 19.8 Å². The predicted molar refractivity (Wildman–Crippen MR) is 60.1 cm³/mol. The van der Waals surface area contributed by atoms with Gasteiger partial charge in [-0.15, -0.1) is 0 Å². The van der Waals surface area contributed by atoms with E-state index in [4.69, 9.17) is 16.9 Å². The fourth-order valence-electron chi connectivity index (χ4n) is 1.19. The molecule has 1 rings (SSSR count). The Hall–Kier alpha value is -1.34. The molecular weight excluding hydrogens is 212 g/mol. The van der Waals surface area contributed by atoms with Crippen LogP contribution in [0, 0.1) is 11.3 Å². The molecule has 0 aliphatic rings. The first-order valence-electron chi connectivity index (χ1n) is 4.74. The van der Waals surface area contributed by atoms with Crippen LogP contribution in [0.5, 0.6) is 0 Å². The minimum Gasteiger partial charge on any atom is -0.347 e. The Morgan fingerprint density at radius 2 is 2.07 bits per heavy atom. The highest BCUT2D eigenvalue weighted by Gasteiger charge is 2.12. The highest BCUT2D eigenvalue weighted by Crippen LogP contribution is 2.19. The van der Waals surface area contributed by atoms with Gasteiger partial charge in [0.1, 0.15) is 11.6 Å². The number of aryl methyl sites for hydroxylation is 1. The van der Waals surface area contributed by atoms with E-state index in [-0.39, 0.29) is 5.15 Å². The van der Waals surface area contributed by atoms with E-state index in [0.29, 0.717) is 11.5 Å². The fraction of sp³-hybridized carbons (Fsp3) is 0.500. The Bertz CT molecular complexity index is 395. The number of nitrogens with zero attached hydrogens (tertiary/aromatic N) is 4. The average Bonchev–Trinajstić information content (AvgIpc) is 2.17. The van der Waals surface area contributed by atoms with Gasteiger partial charge < -0.3 is 4.90 Å². The summed E-state index contributed by atoms with van der Waals surface area (Å²) in [7, 11) is 3.68. The molecule has 80 valence electrons. The number of rotatable bonds is 3. The SMILES string of the molecule is CCCc1nc(N(C)C)nc(Cl)c1C#N. The van der Waals surface area contributed by atoms with Gasteiger partial charge in [-0.1, -0.05) is 24.9 Å². The van der Waals surface area contributed by atoms with E-state index in [1.54, 1.807) is 4.90 Å². The van der Waals surface area contributed by atoms with Gasteiger partial charge in [0.2, 0.25) is 5.95 Å². The van der Waals surface area contributed by atoms with Gasteiger partial charge in [-0.05, 0) is 6.42 Å². The molecule has 0 spiro atoms. The van der Waals surface area contributed by atoms with E-state index in [9.17, 15) is 0 Å². The van der Waals surface area contributed by atoms with E-state index in [1.165, 1.54) is 0 Å². The molecule has 0 saturated carbocycles. The number of anilines is 1. The van der Waals surface area contributed by atoms with Crippen molar-refractivity contribution in [3.8, 4) is 6.07 Å². The lowest BCUT2D eigenvalue weighted by Crippen LogP contribution is -2.14. The molecule has 0 saturated heterocycles. The Kier molecular flexibility index (Phi) is 3.87. The first-order valence-corrected chi connectivity index (χ1v) is 5.11. The molecule has 0 aromatic carbocycles. The van der Waals surface area contributed by atoms with Crippen molar-refractivity contribution in [2.24, 2.45) is 0 Å². The summed E-state index contributed by atoms with van der Waals surface area (Å²) in [6, 6.07) is 2.04. The molecule has 1 heterocycles. The topological polar surface area (TPSA) is 52.8 Å². The van der Waals surface area contributed by atoms with Gasteiger partial charge in [0.05, 0.1) is 5.69 Å². The van der Waals surface area contributed by atoms with Crippen LogP contribution in [-0.4, -0.2) is 24.1 Å². The molecule has 0 N–H and O–H groups in total. The maximum absolute atomic E-state index is 8.93. The van der Waals surface area contributed by atoms with E-state index in [2.05, 4.69) is 9.97 Å². The third-order valence-electron chi connectivity index (χ3n) is 1.93. The van der Waals surface area contributed by atoms with E-state index >= 15 is 0 Å². The standard InChI is InChI=1S/C10H13ClN4/c1-4-5-8-7(6-12)9(11)14-10(13-8)15(2)3/h4-5H2,1-3H3. The monoisotopic (exact) mass is 224 g/mol. The van der Waals surface area contributed by atoms with Crippen molar-refractivity contribution < 1.29 is 0 Å². The quantitative estimate of drug-likeness (QED) is 0.738. The highest BCUT2D eigenvalue weighted by molar-refractivity contribution is 6.30. The summed E-state index contributed by atoms with van der Waals surface area (Å²) in [6.07, 6.45) is 1.67. The number of hydrogen-bond donors (Lipinski definition) is 0. The Balaban J connectivity index is 3.27. The van der Waals surface area contributed by atoms with Crippen LogP contribution in [-0.2, 0) is 6.42 Å². The van der Waals surface area contributed by atoms with Crippen LogP contribution in [0.4, 0.5) is 5.95 Å². The lowest BCUT2D eigenvalue weighted by molar-refractivity contribution is 0.855. The molecule has 0 aliphatic heterocycles. The zero-order valence-electron chi connectivity index (χ0n) is 9.08. The molecule has 0 aliphatic carbocycles. The smallest absolute Gasteiger partial charge is 0.226 e. The predicted octanol–water partition coefficient (Wildman–Crippen LogP) is 2.02. The summed E-state index contributed by atoms with van der Waals surface area (Å²) in [5.41, 5.74) is 1.12. The molecule has 0 atom stereocenters. The van der Waals surface area contributed by atoms with Gasteiger partial charge in [0, 0.05) is 14.1 Å². The molecule has 1 aromatic heterocycles. The van der Waals surface area contributed by atoms with E-state index in [1.807, 2.05) is 27.1 Å². The van der Waals surface area contributed by atoms with Gasteiger partial charge in [0.25, 0.3) is 0 Å². The minimum absolute atomic E-state index is 0.236. The van der Waals surface area contributed by atoms with Crippen LogP contribution in [0.25, 0.3) is 0 Å². The molecule has 0 fully saturated rings. The molecule has 15 heavy (non-hydrogen) atoms. The molecule has 0 radical (unpaired) electrons. The zero-order chi connectivity index (χ0) is 11.4. The van der Waals surface area contributed by atoms with E-state index < -0.39 is 0 Å². The van der Waals surface area contributed by atoms with Crippen LogP contribution in [0.1, 0.15) is 24.6 Å². The number of hydrogen-bond acceptors (Lipinski definition) is 4. The first-order chi connectivity index (χ1) is 7.10. The second-order valence-corrected chi connectivity index (χ2v) is 3.75. The Morgan fingerprint density at radius 3 is 2.53 bits per heavy atom. The van der Waals surface area contributed by atoms with Crippen LogP contribution < -0.4 is 4.90 Å². The summed E-state index contributed by atoms with van der Waals surface area (Å²) >= 11 is 5.91. The fourth-order valence-corrected chi connectivity index (χ4v) is 1.42. The molecular formula is C10H13ClN4. The number of halogens is 1. The largest absolute Gasteiger partial charge is 0.347 e. The second-order valence-electron chi connectivity index (χ2n) is 3.39. The Morgan fingerprint density at radius 1 is 1.40 bits per heavy atom. The molecule has 4 nitrogen and oxygen atoms in total. The highest BCUT2D eigenvalue weighted by atomic mass is 35.5. The zero-order valence-corrected chi connectivity index (χ0v) is 9.84. The summed E-state index contributed by atoms with van der Waals surface area (Å²) in [4.78, 5) is 10.1. The minimum atomic E-state index is 0.236. The maximum Gasteiger partial charge on any atom is 0.226 e. The molecule has 0 bridgehead atoms. The van der Waals surface area contributed by atoms with Crippen molar-refractivity contribution in [1.82, 2.24) is 9.97 Å². The van der Waals surface area contributed by atoms with Gasteiger partial charge in [-0.2, -0.15) is 10.2 Å². The molecule has 0 amide bonds. The van der Waals surface area contributed by atoms with Crippen LogP contribution in [0.3, 0.4) is 0 Å². The summed E-state index contributed by atoms with van der Waals surface area (Å²) in [5, 5.41) is 9.16. The summed E-state index contributed by atoms with van der Waals surface area (Å²) < 4.78 is 0. The third kappa shape index (κ3) is 2.57. The van der Waals surface area contributed by atoms with Gasteiger partial charge >= 0.3 is 0 Å². The molecule has 5 heteroatoms. The van der Waals surface area contributed by atoms with Gasteiger partial charge in [0.15, 0.2) is 5.15 Å². The second kappa shape index (κ2) is 4.94. The van der Waals surface area contributed by atoms with Crippen molar-refractivity contribution in [2.75, 3.05) is 19.0 Å². The lowest BCUT2D eigenvalue weighted by atomic mass is 10.1. The van der Waals surface area contributed by atoms with Crippen LogP contribution >= 0.6 is 11.6 Å². The number of nitriles is 1. The lowest BCUT2D eigenvalue weighted by Gasteiger charge is -2.12. The maximum atomic E-state index is 8.93. The summed E-state index contributed by atoms with van der Waals surface area (Å²) in [5.74, 6) is 0.544. The normalized spacial score (nSPS) is 9.80. The van der Waals surface area contributed by atoms with Gasteiger partial charge in [-0.3, -0.25) is 0 Å². The first kappa shape index (κ1) is 11.7. The number of aromatic nitrogens is 2.